The minimum atomic E-state index is 0.0676. The summed E-state index contributed by atoms with van der Waals surface area (Å²) in [5.41, 5.74) is 23.8. The number of hydrogen-bond donors (Lipinski definition) is 0. The van der Waals surface area contributed by atoms with Crippen LogP contribution < -0.4 is 9.80 Å². The maximum absolute atomic E-state index is 2.56. The molecule has 11 aromatic carbocycles. The molecule has 15 rings (SSSR count). The van der Waals surface area contributed by atoms with Gasteiger partial charge in [-0.3, -0.25) is 0 Å². The van der Waals surface area contributed by atoms with Crippen molar-refractivity contribution in [2.75, 3.05) is 9.80 Å². The smallest absolute Gasteiger partial charge is 0.0543 e. The first-order chi connectivity index (χ1) is 36.7. The van der Waals surface area contributed by atoms with E-state index in [9.17, 15) is 0 Å². The van der Waals surface area contributed by atoms with Gasteiger partial charge in [-0.25, -0.2) is 0 Å². The Morgan fingerprint density at radius 3 is 0.932 bits per heavy atom. The van der Waals surface area contributed by atoms with E-state index in [1.54, 1.807) is 0 Å². The second kappa shape index (κ2) is 17.1. The van der Waals surface area contributed by atoms with Crippen molar-refractivity contribution >= 4 is 55.7 Å². The lowest BCUT2D eigenvalue weighted by Gasteiger charge is -2.31. The zero-order valence-corrected chi connectivity index (χ0v) is 41.6. The standard InChI is InChI=1S/C72H56N2/c1-3-19-53(20-4-1)73(67-47-65-69(59-25-9-7-23-57(59)67)61-27-11-13-29-63(61)71(65)43-15-16-44-71)55-39-35-51(36-40-55)49-31-33-50(34-32-49)52-37-41-56(42-38-52)74(54-21-5-2-6-22-54)68-48-66-70(60-26-10-8-24-58(60)68)62-28-12-14-30-64(62)72(66)45-17-18-46-72/h1-14,19-42,47-48H,15-18,43-46H2. The number of nitrogens with zero attached hydrogens (tertiary/aromatic N) is 2. The van der Waals surface area contributed by atoms with Crippen molar-refractivity contribution in [1.82, 2.24) is 0 Å². The summed E-state index contributed by atoms with van der Waals surface area (Å²) in [7, 11) is 0. The summed E-state index contributed by atoms with van der Waals surface area (Å²) in [6.07, 6.45) is 9.89. The fraction of sp³-hybridized carbons (Fsp3) is 0.139. The van der Waals surface area contributed by atoms with Crippen LogP contribution in [0.3, 0.4) is 0 Å². The Hall–Kier alpha value is -8.46. The molecule has 2 saturated carbocycles. The first kappa shape index (κ1) is 43.2. The Labute approximate surface area is 434 Å². The monoisotopic (exact) mass is 948 g/mol. The fourth-order valence-corrected chi connectivity index (χ4v) is 14.4. The summed E-state index contributed by atoms with van der Waals surface area (Å²) in [5.74, 6) is 0. The molecule has 0 aliphatic heterocycles. The van der Waals surface area contributed by atoms with Crippen LogP contribution in [0.1, 0.15) is 73.6 Å². The summed E-state index contributed by atoms with van der Waals surface area (Å²) >= 11 is 0. The molecule has 354 valence electrons. The Balaban J connectivity index is 0.765. The molecule has 4 aliphatic rings. The molecule has 2 nitrogen and oxygen atoms in total. The lowest BCUT2D eigenvalue weighted by molar-refractivity contribution is 0.550. The topological polar surface area (TPSA) is 6.48 Å². The van der Waals surface area contributed by atoms with Gasteiger partial charge in [-0.05, 0) is 164 Å². The van der Waals surface area contributed by atoms with Crippen LogP contribution in [-0.4, -0.2) is 0 Å². The Kier molecular flexibility index (Phi) is 9.96. The van der Waals surface area contributed by atoms with Gasteiger partial charge in [0.1, 0.15) is 0 Å². The van der Waals surface area contributed by atoms with Gasteiger partial charge in [0.2, 0.25) is 0 Å². The molecular formula is C72H56N2. The quantitative estimate of drug-likeness (QED) is 0.150. The zero-order valence-electron chi connectivity index (χ0n) is 41.6. The molecule has 0 radical (unpaired) electrons. The highest BCUT2D eigenvalue weighted by molar-refractivity contribution is 6.11. The third-order valence-corrected chi connectivity index (χ3v) is 17.7. The van der Waals surface area contributed by atoms with Crippen LogP contribution in [0.4, 0.5) is 34.1 Å². The third-order valence-electron chi connectivity index (χ3n) is 17.7. The number of rotatable bonds is 8. The lowest BCUT2D eigenvalue weighted by atomic mass is 9.76. The zero-order chi connectivity index (χ0) is 48.8. The van der Waals surface area contributed by atoms with Crippen LogP contribution in [0.2, 0.25) is 0 Å². The van der Waals surface area contributed by atoms with Gasteiger partial charge in [0, 0.05) is 44.4 Å². The molecule has 0 amide bonds. The van der Waals surface area contributed by atoms with E-state index in [2.05, 4.69) is 252 Å². The summed E-state index contributed by atoms with van der Waals surface area (Å²) in [6.45, 7) is 0. The van der Waals surface area contributed by atoms with Crippen molar-refractivity contribution in [3.8, 4) is 44.5 Å². The highest BCUT2D eigenvalue weighted by Gasteiger charge is 2.47. The molecule has 0 atom stereocenters. The van der Waals surface area contributed by atoms with Gasteiger partial charge < -0.3 is 9.80 Å². The van der Waals surface area contributed by atoms with Crippen molar-refractivity contribution in [3.63, 3.8) is 0 Å². The molecular weight excluding hydrogens is 893 g/mol. The van der Waals surface area contributed by atoms with Crippen LogP contribution in [-0.2, 0) is 10.8 Å². The van der Waals surface area contributed by atoms with E-state index in [1.165, 1.54) is 151 Å². The van der Waals surface area contributed by atoms with E-state index in [4.69, 9.17) is 0 Å². The highest BCUT2D eigenvalue weighted by Crippen LogP contribution is 2.62. The molecule has 4 aliphatic carbocycles. The molecule has 0 N–H and O–H groups in total. The number of hydrogen-bond acceptors (Lipinski definition) is 2. The number of para-hydroxylation sites is 2. The van der Waals surface area contributed by atoms with Crippen molar-refractivity contribution in [2.45, 2.75) is 62.2 Å². The molecule has 0 bridgehead atoms. The molecule has 2 heteroatoms. The van der Waals surface area contributed by atoms with Crippen LogP contribution in [0.5, 0.6) is 0 Å². The van der Waals surface area contributed by atoms with E-state index < -0.39 is 0 Å². The van der Waals surface area contributed by atoms with Gasteiger partial charge in [-0.15, -0.1) is 0 Å². The van der Waals surface area contributed by atoms with E-state index >= 15 is 0 Å². The van der Waals surface area contributed by atoms with Gasteiger partial charge in [-0.2, -0.15) is 0 Å². The maximum Gasteiger partial charge on any atom is 0.0543 e. The lowest BCUT2D eigenvalue weighted by Crippen LogP contribution is -2.21. The molecule has 0 saturated heterocycles. The highest BCUT2D eigenvalue weighted by atomic mass is 15.1. The van der Waals surface area contributed by atoms with Crippen LogP contribution in [0.25, 0.3) is 66.1 Å². The molecule has 11 aromatic rings. The Morgan fingerprint density at radius 2 is 0.554 bits per heavy atom. The van der Waals surface area contributed by atoms with E-state index in [-0.39, 0.29) is 10.8 Å². The van der Waals surface area contributed by atoms with E-state index in [0.717, 1.165) is 22.7 Å². The summed E-state index contributed by atoms with van der Waals surface area (Å²) in [4.78, 5) is 4.98. The minimum Gasteiger partial charge on any atom is -0.310 e. The van der Waals surface area contributed by atoms with E-state index in [1.807, 2.05) is 0 Å². The molecule has 0 aromatic heterocycles. The van der Waals surface area contributed by atoms with Gasteiger partial charge in [0.05, 0.1) is 11.4 Å². The predicted molar refractivity (Wildman–Crippen MR) is 311 cm³/mol. The minimum absolute atomic E-state index is 0.0676. The van der Waals surface area contributed by atoms with Crippen LogP contribution >= 0.6 is 0 Å². The largest absolute Gasteiger partial charge is 0.310 e. The maximum atomic E-state index is 2.56. The summed E-state index contributed by atoms with van der Waals surface area (Å²) in [5, 5.41) is 5.24. The van der Waals surface area contributed by atoms with Crippen molar-refractivity contribution in [1.29, 1.82) is 0 Å². The van der Waals surface area contributed by atoms with Crippen molar-refractivity contribution in [3.05, 3.63) is 265 Å². The fourth-order valence-electron chi connectivity index (χ4n) is 14.4. The van der Waals surface area contributed by atoms with Crippen LogP contribution in [0, 0.1) is 0 Å². The third kappa shape index (κ3) is 6.50. The normalized spacial score (nSPS) is 15.4. The second-order valence-electron chi connectivity index (χ2n) is 21.4. The van der Waals surface area contributed by atoms with Gasteiger partial charge in [0.15, 0.2) is 0 Å². The van der Waals surface area contributed by atoms with Crippen molar-refractivity contribution in [2.24, 2.45) is 0 Å². The van der Waals surface area contributed by atoms with E-state index in [0.29, 0.717) is 0 Å². The number of anilines is 6. The second-order valence-corrected chi connectivity index (χ2v) is 21.4. The molecule has 2 fully saturated rings. The Morgan fingerprint density at radius 1 is 0.257 bits per heavy atom. The van der Waals surface area contributed by atoms with Gasteiger partial charge >= 0.3 is 0 Å². The first-order valence-electron chi connectivity index (χ1n) is 27.0. The number of benzene rings is 11. The Bertz CT molecular complexity index is 3670. The summed E-state index contributed by atoms with van der Waals surface area (Å²) < 4.78 is 0. The van der Waals surface area contributed by atoms with Gasteiger partial charge in [0.25, 0.3) is 0 Å². The molecule has 0 unspecified atom stereocenters. The average Bonchev–Trinajstić information content (AvgIpc) is 4.30. The average molecular weight is 949 g/mol. The van der Waals surface area contributed by atoms with Crippen LogP contribution in [0.15, 0.2) is 243 Å². The first-order valence-corrected chi connectivity index (χ1v) is 27.0. The molecule has 2 spiro atoms. The molecule has 74 heavy (non-hydrogen) atoms. The number of fused-ring (bicyclic) bond motifs is 14. The SMILES string of the molecule is c1ccc(N(c2ccc(-c3ccc(-c4ccc(N(c5ccccc5)c5cc6c(c7ccccc57)-c5ccccc5C65CCCC5)cc4)cc3)cc2)c2cc3c(c4ccccc24)-c2ccccc2C32CCCC2)cc1. The van der Waals surface area contributed by atoms with Crippen molar-refractivity contribution < 1.29 is 0 Å². The summed E-state index contributed by atoms with van der Waals surface area (Å²) in [6, 6.07) is 91.3. The predicted octanol–water partition coefficient (Wildman–Crippen LogP) is 19.9. The molecule has 0 heterocycles. The van der Waals surface area contributed by atoms with Gasteiger partial charge in [-0.1, -0.05) is 208 Å².